The molecule has 4 aliphatic rings. The second-order valence-electron chi connectivity index (χ2n) is 23.9. The molecule has 3 heteroatoms. The number of hydrogen-bond acceptors (Lipinski definition) is 2. The summed E-state index contributed by atoms with van der Waals surface area (Å²) in [5.74, 6) is 0. The van der Waals surface area contributed by atoms with Crippen LogP contribution in [0.1, 0.15) is 166 Å². The molecule has 0 spiro atoms. The Morgan fingerprint density at radius 3 is 1.49 bits per heavy atom. The Morgan fingerprint density at radius 1 is 0.441 bits per heavy atom. The molecule has 0 fully saturated rings. The summed E-state index contributed by atoms with van der Waals surface area (Å²) in [6, 6.07) is 30.1. The first-order chi connectivity index (χ1) is 27.2. The van der Waals surface area contributed by atoms with Gasteiger partial charge in [-0.2, -0.15) is 0 Å². The smallest absolute Gasteiger partial charge is 0.252 e. The Labute approximate surface area is 357 Å². The van der Waals surface area contributed by atoms with Gasteiger partial charge in [-0.3, -0.25) is 0 Å². The van der Waals surface area contributed by atoms with Gasteiger partial charge in [-0.25, -0.2) is 0 Å². The summed E-state index contributed by atoms with van der Waals surface area (Å²) >= 11 is 0. The van der Waals surface area contributed by atoms with Crippen molar-refractivity contribution < 1.29 is 0 Å². The molecule has 0 unspecified atom stereocenters. The lowest BCUT2D eigenvalue weighted by molar-refractivity contribution is 0.332. The molecule has 59 heavy (non-hydrogen) atoms. The fourth-order valence-electron chi connectivity index (χ4n) is 11.9. The maximum absolute atomic E-state index is 2.72. The van der Waals surface area contributed by atoms with Crippen LogP contribution in [0.3, 0.4) is 0 Å². The Balaban J connectivity index is 1.44. The van der Waals surface area contributed by atoms with Crippen molar-refractivity contribution in [2.24, 2.45) is 0 Å². The van der Waals surface area contributed by atoms with Crippen LogP contribution in [0.25, 0.3) is 0 Å². The van der Waals surface area contributed by atoms with Crippen molar-refractivity contribution in [1.29, 1.82) is 0 Å². The molecule has 9 rings (SSSR count). The number of rotatable bonds is 2. The summed E-state index contributed by atoms with van der Waals surface area (Å²) in [6.07, 6.45) is 3.54. The molecular formula is C56H69BN2. The highest BCUT2D eigenvalue weighted by Crippen LogP contribution is 2.55. The number of anilines is 6. The van der Waals surface area contributed by atoms with Crippen molar-refractivity contribution >= 4 is 57.2 Å². The Kier molecular flexibility index (Phi) is 8.46. The van der Waals surface area contributed by atoms with Crippen molar-refractivity contribution in [1.82, 2.24) is 0 Å². The van der Waals surface area contributed by atoms with Gasteiger partial charge in [0, 0.05) is 34.1 Å². The quantitative estimate of drug-likeness (QED) is 0.161. The lowest BCUT2D eigenvalue weighted by atomic mass is 9.33. The van der Waals surface area contributed by atoms with Gasteiger partial charge in [-0.05, 0) is 175 Å². The molecule has 0 aromatic heterocycles. The van der Waals surface area contributed by atoms with E-state index < -0.39 is 0 Å². The summed E-state index contributed by atoms with van der Waals surface area (Å²) in [5.41, 5.74) is 25.3. The molecule has 2 heterocycles. The molecule has 0 radical (unpaired) electrons. The van der Waals surface area contributed by atoms with E-state index in [2.05, 4.69) is 200 Å². The summed E-state index contributed by atoms with van der Waals surface area (Å²) in [5, 5.41) is 0. The van der Waals surface area contributed by atoms with Gasteiger partial charge in [0.05, 0.1) is 0 Å². The van der Waals surface area contributed by atoms with Crippen molar-refractivity contribution in [3.05, 3.63) is 123 Å². The Hall–Kier alpha value is -4.24. The molecule has 5 aromatic rings. The van der Waals surface area contributed by atoms with Crippen LogP contribution in [-0.4, -0.2) is 6.71 Å². The largest absolute Gasteiger partial charge is 0.311 e. The molecule has 0 saturated heterocycles. The minimum Gasteiger partial charge on any atom is -0.311 e. The van der Waals surface area contributed by atoms with E-state index in [4.69, 9.17) is 0 Å². The van der Waals surface area contributed by atoms with Crippen LogP contribution < -0.4 is 26.2 Å². The van der Waals surface area contributed by atoms with Crippen LogP contribution in [0, 0.1) is 20.8 Å². The van der Waals surface area contributed by atoms with Crippen LogP contribution in [0.15, 0.2) is 72.8 Å². The molecule has 2 aliphatic carbocycles. The van der Waals surface area contributed by atoms with Crippen LogP contribution in [0.5, 0.6) is 0 Å². The monoisotopic (exact) mass is 781 g/mol. The zero-order valence-corrected chi connectivity index (χ0v) is 39.5. The van der Waals surface area contributed by atoms with Gasteiger partial charge in [0.2, 0.25) is 0 Å². The fraction of sp³-hybridized carbons (Fsp3) is 0.464. The minimum atomic E-state index is 0.00577. The van der Waals surface area contributed by atoms with E-state index in [0.717, 1.165) is 6.42 Å². The lowest BCUT2D eigenvalue weighted by Gasteiger charge is -2.48. The second-order valence-corrected chi connectivity index (χ2v) is 23.9. The molecule has 0 N–H and O–H groups in total. The topological polar surface area (TPSA) is 6.48 Å². The summed E-state index contributed by atoms with van der Waals surface area (Å²) in [7, 11) is 0. The van der Waals surface area contributed by atoms with E-state index >= 15 is 0 Å². The van der Waals surface area contributed by atoms with Crippen LogP contribution in [0.4, 0.5) is 34.1 Å². The number of benzene rings is 5. The van der Waals surface area contributed by atoms with Gasteiger partial charge in [0.25, 0.3) is 6.71 Å². The van der Waals surface area contributed by atoms with E-state index in [1.165, 1.54) is 113 Å². The summed E-state index contributed by atoms with van der Waals surface area (Å²) in [6.45, 7) is 41.0. The normalized spacial score (nSPS) is 19.2. The molecule has 0 atom stereocenters. The maximum Gasteiger partial charge on any atom is 0.252 e. The van der Waals surface area contributed by atoms with E-state index in [-0.39, 0.29) is 39.2 Å². The first-order valence-electron chi connectivity index (χ1n) is 22.6. The SMILES string of the molecule is Cc1cc2c3c(c1)N(c1cc4c(cc1C)C(C)(C)CC4(C)C)c1cc4c(cc1B3c1cc(C(C)(C)C)ccc1N2c1cc(C(C)(C)C)ccc1C)C(C)(C)CCC4(C)C. The fourth-order valence-corrected chi connectivity index (χ4v) is 11.9. The average Bonchev–Trinajstić information content (AvgIpc) is 3.30. The van der Waals surface area contributed by atoms with Gasteiger partial charge in [0.1, 0.15) is 0 Å². The number of aryl methyl sites for hydroxylation is 3. The zero-order chi connectivity index (χ0) is 42.7. The third-order valence-electron chi connectivity index (χ3n) is 15.3. The van der Waals surface area contributed by atoms with Crippen LogP contribution in [-0.2, 0) is 32.5 Å². The van der Waals surface area contributed by atoms with Gasteiger partial charge in [0.15, 0.2) is 0 Å². The van der Waals surface area contributed by atoms with Gasteiger partial charge in [-0.15, -0.1) is 0 Å². The first-order valence-corrected chi connectivity index (χ1v) is 22.6. The van der Waals surface area contributed by atoms with Crippen molar-refractivity contribution in [2.75, 3.05) is 9.80 Å². The second kappa shape index (κ2) is 12.4. The molecule has 0 bridgehead atoms. The van der Waals surface area contributed by atoms with Crippen molar-refractivity contribution in [3.8, 4) is 0 Å². The third-order valence-corrected chi connectivity index (χ3v) is 15.3. The highest BCUT2D eigenvalue weighted by atomic mass is 15.2. The molecule has 2 aliphatic heterocycles. The van der Waals surface area contributed by atoms with E-state index in [0.29, 0.717) is 0 Å². The summed E-state index contributed by atoms with van der Waals surface area (Å²) in [4.78, 5) is 5.37. The number of nitrogens with zero attached hydrogens (tertiary/aromatic N) is 2. The average molecular weight is 781 g/mol. The third kappa shape index (κ3) is 6.01. The zero-order valence-electron chi connectivity index (χ0n) is 39.5. The van der Waals surface area contributed by atoms with E-state index in [9.17, 15) is 0 Å². The van der Waals surface area contributed by atoms with Gasteiger partial charge >= 0.3 is 0 Å². The maximum atomic E-state index is 2.72. The van der Waals surface area contributed by atoms with Crippen LogP contribution in [0.2, 0.25) is 0 Å². The van der Waals surface area contributed by atoms with Crippen LogP contribution >= 0.6 is 0 Å². The van der Waals surface area contributed by atoms with Gasteiger partial charge in [-0.1, -0.05) is 133 Å². The lowest BCUT2D eigenvalue weighted by Crippen LogP contribution is -2.62. The first kappa shape index (κ1) is 40.2. The highest BCUT2D eigenvalue weighted by molar-refractivity contribution is 7.00. The van der Waals surface area contributed by atoms with Crippen molar-refractivity contribution in [3.63, 3.8) is 0 Å². The molecule has 5 aromatic carbocycles. The van der Waals surface area contributed by atoms with E-state index in [1.807, 2.05) is 0 Å². The summed E-state index contributed by atoms with van der Waals surface area (Å²) < 4.78 is 0. The predicted octanol–water partition coefficient (Wildman–Crippen LogP) is 13.6. The predicted molar refractivity (Wildman–Crippen MR) is 258 cm³/mol. The number of fused-ring (bicyclic) bond motifs is 6. The molecule has 0 amide bonds. The van der Waals surface area contributed by atoms with E-state index in [1.54, 1.807) is 0 Å². The minimum absolute atomic E-state index is 0.00577. The number of hydrogen-bond donors (Lipinski definition) is 0. The van der Waals surface area contributed by atoms with Gasteiger partial charge < -0.3 is 9.80 Å². The Morgan fingerprint density at radius 2 is 0.898 bits per heavy atom. The molecule has 306 valence electrons. The molecule has 2 nitrogen and oxygen atoms in total. The standard InChI is InChI=1S/C56H69BN2/c1-33-24-48-50-49(25-33)59(46-30-41-38(26-35(46)3)55(14,15)32-56(41,16)17)47-31-40-39(53(10,11)22-23-54(40,12)13)29-43(47)57(50)42-27-36(51(4,5)6)20-21-44(42)58(48)45-28-37(52(7,8)9)19-18-34(45)2/h18-21,24-31H,22-23,32H2,1-17H3. The molecular weight excluding hydrogens is 711 g/mol. The van der Waals surface area contributed by atoms with Crippen molar-refractivity contribution in [2.45, 2.75) is 169 Å². The Bertz CT molecular complexity index is 2600. The highest BCUT2D eigenvalue weighted by Gasteiger charge is 2.48. The molecule has 0 saturated carbocycles.